The van der Waals surface area contributed by atoms with E-state index in [1.54, 1.807) is 24.4 Å². The van der Waals surface area contributed by atoms with Gasteiger partial charge in [0.1, 0.15) is 23.0 Å². The molecular formula is C24H23ClN6O2. The number of halogens is 1. The highest BCUT2D eigenvalue weighted by molar-refractivity contribution is 6.30. The van der Waals surface area contributed by atoms with E-state index in [1.807, 2.05) is 36.4 Å². The number of furan rings is 1. The second-order valence-corrected chi connectivity index (χ2v) is 8.32. The molecule has 0 unspecified atom stereocenters. The fourth-order valence-electron chi connectivity index (χ4n) is 3.92. The smallest absolute Gasteiger partial charge is 0.270 e. The van der Waals surface area contributed by atoms with Crippen molar-refractivity contribution in [2.75, 3.05) is 13.1 Å². The Hall–Kier alpha value is -3.49. The van der Waals surface area contributed by atoms with Crippen LogP contribution in [-0.2, 0) is 26.1 Å². The first-order chi connectivity index (χ1) is 16.2. The summed E-state index contributed by atoms with van der Waals surface area (Å²) in [4.78, 5) is 18.7. The quantitative estimate of drug-likeness (QED) is 0.471. The van der Waals surface area contributed by atoms with E-state index in [-0.39, 0.29) is 5.91 Å². The molecular weight excluding hydrogens is 440 g/mol. The Bertz CT molecular complexity index is 1240. The van der Waals surface area contributed by atoms with Gasteiger partial charge in [-0.3, -0.25) is 14.7 Å². The van der Waals surface area contributed by atoms with E-state index in [0.717, 1.165) is 61.3 Å². The minimum atomic E-state index is -0.225. The maximum atomic E-state index is 12.3. The lowest BCUT2D eigenvalue weighted by molar-refractivity contribution is 0.0944. The highest BCUT2D eigenvalue weighted by Crippen LogP contribution is 2.24. The third kappa shape index (κ3) is 4.97. The normalized spacial score (nSPS) is 14.0. The zero-order valence-electron chi connectivity index (χ0n) is 17.9. The zero-order valence-corrected chi connectivity index (χ0v) is 18.7. The summed E-state index contributed by atoms with van der Waals surface area (Å²) in [6.07, 6.45) is 2.38. The Balaban J connectivity index is 1.19. The molecule has 1 aliphatic rings. The van der Waals surface area contributed by atoms with Gasteiger partial charge in [-0.25, -0.2) is 0 Å². The summed E-state index contributed by atoms with van der Waals surface area (Å²) in [7, 11) is 0. The topological polar surface area (TPSA) is 89.1 Å². The summed E-state index contributed by atoms with van der Waals surface area (Å²) in [5, 5.41) is 12.2. The number of carbonyl (C=O) groups excluding carboxylic acids is 1. The maximum Gasteiger partial charge on any atom is 0.270 e. The largest absolute Gasteiger partial charge is 0.460 e. The minimum absolute atomic E-state index is 0.225. The molecule has 1 aromatic carbocycles. The van der Waals surface area contributed by atoms with Gasteiger partial charge in [0.05, 0.1) is 13.1 Å². The van der Waals surface area contributed by atoms with Crippen molar-refractivity contribution in [1.29, 1.82) is 0 Å². The summed E-state index contributed by atoms with van der Waals surface area (Å²) in [6.45, 7) is 3.48. The second-order valence-electron chi connectivity index (χ2n) is 7.88. The fraction of sp³-hybridized carbons (Fsp3) is 0.250. The van der Waals surface area contributed by atoms with Gasteiger partial charge >= 0.3 is 0 Å². The number of fused-ring (bicyclic) bond motifs is 1. The number of nitrogens with zero attached hydrogens (tertiary/aromatic N) is 5. The Labute approximate surface area is 196 Å². The number of carbonyl (C=O) groups is 1. The minimum Gasteiger partial charge on any atom is -0.460 e. The molecule has 1 aliphatic heterocycles. The van der Waals surface area contributed by atoms with Crippen LogP contribution in [0.25, 0.3) is 11.3 Å². The molecule has 0 spiro atoms. The molecule has 0 saturated carbocycles. The van der Waals surface area contributed by atoms with Gasteiger partial charge in [0, 0.05) is 42.8 Å². The molecule has 0 saturated heterocycles. The Kier molecular flexibility index (Phi) is 6.19. The van der Waals surface area contributed by atoms with E-state index in [1.165, 1.54) is 0 Å². The van der Waals surface area contributed by atoms with Gasteiger partial charge in [-0.1, -0.05) is 17.7 Å². The molecule has 0 radical (unpaired) electrons. The van der Waals surface area contributed by atoms with E-state index in [0.29, 0.717) is 17.3 Å². The molecule has 0 aliphatic carbocycles. The van der Waals surface area contributed by atoms with Gasteiger partial charge in [-0.15, -0.1) is 10.2 Å². The predicted molar refractivity (Wildman–Crippen MR) is 124 cm³/mol. The predicted octanol–water partition coefficient (Wildman–Crippen LogP) is 3.57. The van der Waals surface area contributed by atoms with Gasteiger partial charge in [0.2, 0.25) is 0 Å². The number of hydrogen-bond acceptors (Lipinski definition) is 6. The third-order valence-corrected chi connectivity index (χ3v) is 5.92. The highest BCUT2D eigenvalue weighted by atomic mass is 35.5. The average Bonchev–Trinajstić information content (AvgIpc) is 3.41. The molecule has 4 aromatic rings. The third-order valence-electron chi connectivity index (χ3n) is 5.67. The van der Waals surface area contributed by atoms with Gasteiger partial charge in [0.25, 0.3) is 5.91 Å². The number of rotatable bonds is 6. The molecule has 3 aromatic heterocycles. The number of amides is 1. The number of nitrogens with one attached hydrogen (secondary N) is 1. The lowest BCUT2D eigenvalue weighted by Crippen LogP contribution is -2.28. The van der Waals surface area contributed by atoms with Crippen molar-refractivity contribution >= 4 is 17.5 Å². The van der Waals surface area contributed by atoms with Crippen LogP contribution in [-0.4, -0.2) is 43.6 Å². The fourth-order valence-corrected chi connectivity index (χ4v) is 4.04. The zero-order chi connectivity index (χ0) is 22.6. The Morgan fingerprint density at radius 1 is 1.03 bits per heavy atom. The molecule has 4 heterocycles. The van der Waals surface area contributed by atoms with Crippen LogP contribution >= 0.6 is 11.6 Å². The molecule has 0 atom stereocenters. The van der Waals surface area contributed by atoms with Crippen LogP contribution < -0.4 is 5.32 Å². The van der Waals surface area contributed by atoms with Crippen molar-refractivity contribution in [3.8, 4) is 11.3 Å². The summed E-state index contributed by atoms with van der Waals surface area (Å²) in [5.41, 5.74) is 1.39. The van der Waals surface area contributed by atoms with Crippen molar-refractivity contribution in [3.05, 3.63) is 88.9 Å². The monoisotopic (exact) mass is 462 g/mol. The molecule has 33 heavy (non-hydrogen) atoms. The average molecular weight is 463 g/mol. The molecule has 8 nitrogen and oxygen atoms in total. The van der Waals surface area contributed by atoms with Crippen LogP contribution in [0.5, 0.6) is 0 Å². The van der Waals surface area contributed by atoms with Crippen molar-refractivity contribution in [1.82, 2.24) is 30.0 Å². The van der Waals surface area contributed by atoms with E-state index in [9.17, 15) is 4.79 Å². The first-order valence-electron chi connectivity index (χ1n) is 10.8. The van der Waals surface area contributed by atoms with E-state index in [4.69, 9.17) is 16.0 Å². The summed E-state index contributed by atoms with van der Waals surface area (Å²) >= 11 is 5.98. The van der Waals surface area contributed by atoms with E-state index < -0.39 is 0 Å². The molecule has 1 amide bonds. The van der Waals surface area contributed by atoms with E-state index >= 15 is 0 Å². The summed E-state index contributed by atoms with van der Waals surface area (Å²) < 4.78 is 8.17. The summed E-state index contributed by atoms with van der Waals surface area (Å²) in [5.74, 6) is 3.21. The van der Waals surface area contributed by atoms with Gasteiger partial charge < -0.3 is 14.3 Å². The maximum absolute atomic E-state index is 12.3. The van der Waals surface area contributed by atoms with Crippen LogP contribution in [0.2, 0.25) is 5.02 Å². The first kappa shape index (κ1) is 21.4. The highest BCUT2D eigenvalue weighted by Gasteiger charge is 2.20. The molecule has 0 fully saturated rings. The number of benzene rings is 1. The van der Waals surface area contributed by atoms with Crippen LogP contribution in [0, 0.1) is 0 Å². The number of pyridine rings is 1. The molecule has 5 rings (SSSR count). The second kappa shape index (κ2) is 9.56. The van der Waals surface area contributed by atoms with Crippen LogP contribution in [0.15, 0.2) is 65.2 Å². The van der Waals surface area contributed by atoms with Gasteiger partial charge in [-0.05, 0) is 48.5 Å². The summed E-state index contributed by atoms with van der Waals surface area (Å²) in [6, 6.07) is 16.9. The van der Waals surface area contributed by atoms with Crippen LogP contribution in [0.3, 0.4) is 0 Å². The first-order valence-corrected chi connectivity index (χ1v) is 11.2. The molecule has 9 heteroatoms. The Morgan fingerprint density at radius 2 is 1.91 bits per heavy atom. The lowest BCUT2D eigenvalue weighted by Gasteiger charge is -2.18. The molecule has 168 valence electrons. The van der Waals surface area contributed by atoms with Crippen molar-refractivity contribution in [3.63, 3.8) is 0 Å². The van der Waals surface area contributed by atoms with E-state index in [2.05, 4.69) is 30.0 Å². The van der Waals surface area contributed by atoms with Crippen molar-refractivity contribution in [2.45, 2.75) is 26.1 Å². The SMILES string of the molecule is O=C(NCc1nnc2n1CCN(Cc1ccc(-c3ccc(Cl)cc3)o1)CC2)c1ccccn1. The number of aromatic nitrogens is 4. The molecule has 1 N–H and O–H groups in total. The lowest BCUT2D eigenvalue weighted by atomic mass is 10.2. The van der Waals surface area contributed by atoms with Crippen molar-refractivity contribution < 1.29 is 9.21 Å². The number of hydrogen-bond donors (Lipinski definition) is 1. The standard InChI is InChI=1S/C24H23ClN6O2/c25-18-6-4-17(5-7-18)21-9-8-19(33-21)16-30-12-10-22-28-29-23(31(22)14-13-30)15-27-24(32)20-3-1-2-11-26-20/h1-9,11H,10,12-16H2,(H,27,32). The van der Waals surface area contributed by atoms with Crippen LogP contribution in [0.1, 0.15) is 27.9 Å². The Morgan fingerprint density at radius 3 is 2.73 bits per heavy atom. The van der Waals surface area contributed by atoms with Crippen molar-refractivity contribution in [2.24, 2.45) is 0 Å². The van der Waals surface area contributed by atoms with Gasteiger partial charge in [-0.2, -0.15) is 0 Å². The molecule has 0 bridgehead atoms. The van der Waals surface area contributed by atoms with Gasteiger partial charge in [0.15, 0.2) is 5.82 Å². The van der Waals surface area contributed by atoms with Crippen LogP contribution in [0.4, 0.5) is 0 Å².